The monoisotopic (exact) mass is 236 g/mol. The predicted molar refractivity (Wildman–Crippen MR) is 62.9 cm³/mol. The van der Waals surface area contributed by atoms with Gasteiger partial charge < -0.3 is 5.11 Å². The zero-order valence-corrected chi connectivity index (χ0v) is 10.1. The van der Waals surface area contributed by atoms with Crippen molar-refractivity contribution < 1.29 is 5.11 Å². The van der Waals surface area contributed by atoms with Crippen molar-refractivity contribution in [3.05, 3.63) is 28.1 Å². The van der Waals surface area contributed by atoms with Gasteiger partial charge >= 0.3 is 5.69 Å². The van der Waals surface area contributed by atoms with Gasteiger partial charge in [-0.25, -0.2) is 19.3 Å². The second kappa shape index (κ2) is 4.29. The van der Waals surface area contributed by atoms with E-state index in [2.05, 4.69) is 15.2 Å². The Morgan fingerprint density at radius 3 is 2.88 bits per heavy atom. The molecule has 0 spiro atoms. The molecular formula is C11H16N4O2. The summed E-state index contributed by atoms with van der Waals surface area (Å²) in [7, 11) is 0. The number of hydrogen-bond acceptors (Lipinski definition) is 4. The van der Waals surface area contributed by atoms with E-state index in [9.17, 15) is 9.90 Å². The number of hydrogen-bond donors (Lipinski definition) is 2. The molecule has 2 aromatic rings. The minimum Gasteiger partial charge on any atom is -0.392 e. The maximum absolute atomic E-state index is 11.4. The SMILES string of the molecule is Cc1nc(CC(O)C(C)C)cc2n[nH]c(=O)n12. The molecule has 0 fully saturated rings. The summed E-state index contributed by atoms with van der Waals surface area (Å²) in [4.78, 5) is 15.7. The molecule has 1 atom stereocenters. The molecule has 2 heterocycles. The van der Waals surface area contributed by atoms with E-state index in [0.29, 0.717) is 17.9 Å². The summed E-state index contributed by atoms with van der Waals surface area (Å²) < 4.78 is 1.41. The van der Waals surface area contributed by atoms with E-state index in [1.54, 1.807) is 13.0 Å². The topological polar surface area (TPSA) is 83.3 Å². The van der Waals surface area contributed by atoms with Crippen LogP contribution in [0.4, 0.5) is 0 Å². The van der Waals surface area contributed by atoms with Crippen LogP contribution in [0.2, 0.25) is 0 Å². The van der Waals surface area contributed by atoms with Crippen molar-refractivity contribution in [2.24, 2.45) is 5.92 Å². The van der Waals surface area contributed by atoms with Gasteiger partial charge in [0.25, 0.3) is 0 Å². The first-order valence-electron chi connectivity index (χ1n) is 5.60. The van der Waals surface area contributed by atoms with E-state index in [1.165, 1.54) is 4.40 Å². The number of nitrogens with one attached hydrogen (secondary N) is 1. The summed E-state index contributed by atoms with van der Waals surface area (Å²) in [6.07, 6.45) is 0.0331. The van der Waals surface area contributed by atoms with Crippen LogP contribution in [0.5, 0.6) is 0 Å². The summed E-state index contributed by atoms with van der Waals surface area (Å²) in [5, 5.41) is 16.1. The number of aromatic nitrogens is 4. The van der Waals surface area contributed by atoms with E-state index < -0.39 is 6.10 Å². The maximum Gasteiger partial charge on any atom is 0.349 e. The van der Waals surface area contributed by atoms with Crippen LogP contribution in [0.1, 0.15) is 25.4 Å². The van der Waals surface area contributed by atoms with Gasteiger partial charge in [-0.15, -0.1) is 0 Å². The van der Waals surface area contributed by atoms with Crippen molar-refractivity contribution in [2.75, 3.05) is 0 Å². The summed E-state index contributed by atoms with van der Waals surface area (Å²) in [6, 6.07) is 1.72. The third kappa shape index (κ3) is 2.21. The molecule has 2 aromatic heterocycles. The maximum atomic E-state index is 11.4. The minimum atomic E-state index is -0.435. The first kappa shape index (κ1) is 11.8. The zero-order chi connectivity index (χ0) is 12.6. The number of aliphatic hydroxyl groups is 1. The van der Waals surface area contributed by atoms with Gasteiger partial charge in [0.1, 0.15) is 5.82 Å². The fraction of sp³-hybridized carbons (Fsp3) is 0.545. The second-order valence-electron chi connectivity index (χ2n) is 4.53. The molecule has 0 radical (unpaired) electrons. The molecule has 0 saturated heterocycles. The number of aliphatic hydroxyl groups excluding tert-OH is 1. The summed E-state index contributed by atoms with van der Waals surface area (Å²) in [6.45, 7) is 5.65. The first-order valence-corrected chi connectivity index (χ1v) is 5.60. The molecule has 1 unspecified atom stereocenters. The Morgan fingerprint density at radius 2 is 2.24 bits per heavy atom. The van der Waals surface area contributed by atoms with Crippen LogP contribution in [0.25, 0.3) is 5.65 Å². The molecule has 0 aromatic carbocycles. The van der Waals surface area contributed by atoms with Crippen molar-refractivity contribution in [3.63, 3.8) is 0 Å². The van der Waals surface area contributed by atoms with Gasteiger partial charge in [-0.2, -0.15) is 5.10 Å². The molecule has 2 N–H and O–H groups in total. The van der Waals surface area contributed by atoms with Crippen LogP contribution >= 0.6 is 0 Å². The highest BCUT2D eigenvalue weighted by atomic mass is 16.3. The second-order valence-corrected chi connectivity index (χ2v) is 4.53. The van der Waals surface area contributed by atoms with Crippen LogP contribution in [0.15, 0.2) is 10.9 Å². The number of nitrogens with zero attached hydrogens (tertiary/aromatic N) is 3. The molecule has 6 nitrogen and oxygen atoms in total. The molecule has 0 amide bonds. The van der Waals surface area contributed by atoms with E-state index in [1.807, 2.05) is 13.8 Å². The first-order chi connectivity index (χ1) is 7.99. The lowest BCUT2D eigenvalue weighted by Crippen LogP contribution is -2.20. The minimum absolute atomic E-state index is 0.176. The third-order valence-corrected chi connectivity index (χ3v) is 2.81. The Balaban J connectivity index is 2.41. The van der Waals surface area contributed by atoms with Crippen LogP contribution in [0, 0.1) is 12.8 Å². The van der Waals surface area contributed by atoms with Gasteiger partial charge in [0.05, 0.1) is 6.10 Å². The molecule has 17 heavy (non-hydrogen) atoms. The largest absolute Gasteiger partial charge is 0.392 e. The number of aryl methyl sites for hydroxylation is 1. The fourth-order valence-electron chi connectivity index (χ4n) is 1.71. The average Bonchev–Trinajstić information content (AvgIpc) is 2.60. The standard InChI is InChI=1S/C11H16N4O2/c1-6(2)9(16)4-8-5-10-13-14-11(17)15(10)7(3)12-8/h5-6,9,16H,4H2,1-3H3,(H,14,17). The number of fused-ring (bicyclic) bond motifs is 1. The third-order valence-electron chi connectivity index (χ3n) is 2.81. The van der Waals surface area contributed by atoms with E-state index in [0.717, 1.165) is 5.69 Å². The molecule has 0 aliphatic rings. The summed E-state index contributed by atoms with van der Waals surface area (Å²) in [5.41, 5.74) is 0.990. The van der Waals surface area contributed by atoms with Crippen molar-refractivity contribution >= 4 is 5.65 Å². The number of H-pyrrole nitrogens is 1. The van der Waals surface area contributed by atoms with Crippen LogP contribution in [-0.2, 0) is 6.42 Å². The Bertz CT molecular complexity index is 585. The lowest BCUT2D eigenvalue weighted by atomic mass is 10.0. The van der Waals surface area contributed by atoms with Gasteiger partial charge in [-0.05, 0) is 12.8 Å². The highest BCUT2D eigenvalue weighted by Gasteiger charge is 2.13. The lowest BCUT2D eigenvalue weighted by Gasteiger charge is -2.13. The van der Waals surface area contributed by atoms with E-state index >= 15 is 0 Å². The van der Waals surface area contributed by atoms with Crippen molar-refractivity contribution in [3.8, 4) is 0 Å². The molecule has 0 aliphatic carbocycles. The van der Waals surface area contributed by atoms with E-state index in [4.69, 9.17) is 0 Å². The van der Waals surface area contributed by atoms with Crippen LogP contribution < -0.4 is 5.69 Å². The molecule has 92 valence electrons. The number of aromatic amines is 1. The highest BCUT2D eigenvalue weighted by molar-refractivity contribution is 5.38. The smallest absolute Gasteiger partial charge is 0.349 e. The molecule has 6 heteroatoms. The van der Waals surface area contributed by atoms with Gasteiger partial charge in [0.2, 0.25) is 0 Å². The van der Waals surface area contributed by atoms with Gasteiger partial charge in [-0.1, -0.05) is 13.8 Å². The molecule has 0 saturated carbocycles. The zero-order valence-electron chi connectivity index (χ0n) is 10.1. The Labute approximate surface area is 98.3 Å². The summed E-state index contributed by atoms with van der Waals surface area (Å²) in [5.74, 6) is 0.752. The van der Waals surface area contributed by atoms with Crippen molar-refractivity contribution in [2.45, 2.75) is 33.3 Å². The summed E-state index contributed by atoms with van der Waals surface area (Å²) >= 11 is 0. The lowest BCUT2D eigenvalue weighted by molar-refractivity contribution is 0.124. The predicted octanol–water partition coefficient (Wildman–Crippen LogP) is 0.285. The van der Waals surface area contributed by atoms with E-state index in [-0.39, 0.29) is 11.6 Å². The Morgan fingerprint density at radius 1 is 1.53 bits per heavy atom. The Hall–Kier alpha value is -1.69. The highest BCUT2D eigenvalue weighted by Crippen LogP contribution is 2.10. The van der Waals surface area contributed by atoms with Crippen molar-refractivity contribution in [1.82, 2.24) is 19.6 Å². The van der Waals surface area contributed by atoms with Gasteiger partial charge in [0, 0.05) is 18.2 Å². The molecule has 0 bridgehead atoms. The van der Waals surface area contributed by atoms with Crippen LogP contribution in [0.3, 0.4) is 0 Å². The average molecular weight is 236 g/mol. The fourth-order valence-corrected chi connectivity index (χ4v) is 1.71. The van der Waals surface area contributed by atoms with Gasteiger partial charge in [-0.3, -0.25) is 0 Å². The number of rotatable bonds is 3. The molecular weight excluding hydrogens is 220 g/mol. The quantitative estimate of drug-likeness (QED) is 0.802. The normalized spacial score (nSPS) is 13.5. The molecule has 2 rings (SSSR count). The Kier molecular flexibility index (Phi) is 2.97. The molecule has 0 aliphatic heterocycles. The van der Waals surface area contributed by atoms with Crippen molar-refractivity contribution in [1.29, 1.82) is 0 Å². The van der Waals surface area contributed by atoms with Crippen LogP contribution in [-0.4, -0.2) is 30.8 Å². The van der Waals surface area contributed by atoms with Gasteiger partial charge in [0.15, 0.2) is 5.65 Å².